The van der Waals surface area contributed by atoms with Crippen LogP contribution in [0.3, 0.4) is 0 Å². The second kappa shape index (κ2) is 9.47. The van der Waals surface area contributed by atoms with Gasteiger partial charge in [0.2, 0.25) is 5.91 Å². The van der Waals surface area contributed by atoms with Crippen molar-refractivity contribution < 1.29 is 4.79 Å². The topological polar surface area (TPSA) is 23.6 Å². The molecule has 0 radical (unpaired) electrons. The molecule has 2 aromatic carbocycles. The third kappa shape index (κ3) is 5.81. The molecule has 1 aliphatic rings. The van der Waals surface area contributed by atoms with Gasteiger partial charge in [-0.25, -0.2) is 0 Å². The summed E-state index contributed by atoms with van der Waals surface area (Å²) in [5.41, 5.74) is 4.07. The molecule has 0 N–H and O–H groups in total. The Morgan fingerprint density at radius 2 is 1.67 bits per heavy atom. The van der Waals surface area contributed by atoms with Crippen molar-refractivity contribution in [3.63, 3.8) is 0 Å². The number of anilines is 1. The van der Waals surface area contributed by atoms with Gasteiger partial charge in [-0.05, 0) is 49.4 Å². The van der Waals surface area contributed by atoms with Gasteiger partial charge in [0.15, 0.2) is 0 Å². The largest absolute Gasteiger partial charge is 0.367 e. The minimum Gasteiger partial charge on any atom is -0.367 e. The number of hydrogen-bond acceptors (Lipinski definition) is 3. The molecule has 1 unspecified atom stereocenters. The molecule has 0 saturated carbocycles. The molecule has 0 aromatic heterocycles. The zero-order valence-corrected chi connectivity index (χ0v) is 20.2. The maximum atomic E-state index is 12.9. The number of carbonyl (C=O) groups excluding carboxylic acids is 1. The molecule has 30 heavy (non-hydrogen) atoms. The van der Waals surface area contributed by atoms with E-state index in [1.54, 1.807) is 0 Å². The molecule has 3 rings (SSSR count). The zero-order chi connectivity index (χ0) is 21.9. The Bertz CT molecular complexity index is 879. The first-order valence-electron chi connectivity index (χ1n) is 11.0. The first-order chi connectivity index (χ1) is 14.1. The van der Waals surface area contributed by atoms with Crippen LogP contribution in [0.4, 0.5) is 5.69 Å². The summed E-state index contributed by atoms with van der Waals surface area (Å²) >= 11 is 1.84. The lowest BCUT2D eigenvalue weighted by Crippen LogP contribution is -2.50. The first-order valence-corrected chi connectivity index (χ1v) is 11.8. The van der Waals surface area contributed by atoms with Crippen LogP contribution in [0.1, 0.15) is 45.2 Å². The summed E-state index contributed by atoms with van der Waals surface area (Å²) in [6.45, 7) is 16.4. The number of benzene rings is 2. The summed E-state index contributed by atoms with van der Waals surface area (Å²) in [5.74, 6) is 0.395. The van der Waals surface area contributed by atoms with Gasteiger partial charge < -0.3 is 9.80 Å². The lowest BCUT2D eigenvalue weighted by Gasteiger charge is -2.38. The second-order valence-corrected chi connectivity index (χ2v) is 10.9. The van der Waals surface area contributed by atoms with Crippen molar-refractivity contribution in [1.29, 1.82) is 0 Å². The molecule has 0 bridgehead atoms. The van der Waals surface area contributed by atoms with Gasteiger partial charge >= 0.3 is 0 Å². The highest BCUT2D eigenvalue weighted by Crippen LogP contribution is 2.37. The molecule has 1 aliphatic heterocycles. The number of piperazine rings is 1. The quantitative estimate of drug-likeness (QED) is 0.573. The fraction of sp³-hybridized carbons (Fsp3) is 0.500. The number of aryl methyl sites for hydroxylation is 2. The summed E-state index contributed by atoms with van der Waals surface area (Å²) in [5, 5.41) is 0. The smallest absolute Gasteiger partial charge is 0.225 e. The average molecular weight is 425 g/mol. The van der Waals surface area contributed by atoms with Crippen molar-refractivity contribution >= 4 is 23.4 Å². The number of nitrogens with zero attached hydrogens (tertiary/aromatic N) is 2. The fourth-order valence-corrected chi connectivity index (χ4v) is 5.36. The van der Waals surface area contributed by atoms with Gasteiger partial charge in [-0.2, -0.15) is 0 Å². The van der Waals surface area contributed by atoms with Gasteiger partial charge in [0, 0.05) is 41.9 Å². The molecule has 1 atom stereocenters. The van der Waals surface area contributed by atoms with Gasteiger partial charge in [0.1, 0.15) is 0 Å². The number of hydrogen-bond donors (Lipinski definition) is 0. The Hall–Kier alpha value is -1.94. The minimum absolute atomic E-state index is 0.0869. The highest BCUT2D eigenvalue weighted by atomic mass is 32.2. The average Bonchev–Trinajstić information content (AvgIpc) is 2.69. The first kappa shape index (κ1) is 22.7. The number of rotatable bonds is 5. The highest BCUT2D eigenvalue weighted by Gasteiger charge is 2.28. The molecule has 1 heterocycles. The van der Waals surface area contributed by atoms with Gasteiger partial charge in [-0.3, -0.25) is 4.79 Å². The molecule has 1 amide bonds. The van der Waals surface area contributed by atoms with Crippen LogP contribution >= 0.6 is 11.8 Å². The second-order valence-electron chi connectivity index (χ2n) is 9.82. The van der Waals surface area contributed by atoms with E-state index in [9.17, 15) is 4.79 Å². The Kier molecular flexibility index (Phi) is 7.18. The summed E-state index contributed by atoms with van der Waals surface area (Å²) in [6.07, 6.45) is 0.932. The zero-order valence-electron chi connectivity index (χ0n) is 19.4. The van der Waals surface area contributed by atoms with Crippen LogP contribution in [0.15, 0.2) is 52.3 Å². The molecule has 3 nitrogen and oxygen atoms in total. The number of amides is 1. The van der Waals surface area contributed by atoms with Crippen molar-refractivity contribution in [1.82, 2.24) is 4.90 Å². The van der Waals surface area contributed by atoms with Crippen LogP contribution in [0.25, 0.3) is 0 Å². The van der Waals surface area contributed by atoms with Crippen LogP contribution in [-0.2, 0) is 4.79 Å². The number of carbonyl (C=O) groups is 1. The van der Waals surface area contributed by atoms with E-state index in [2.05, 4.69) is 93.8 Å². The van der Waals surface area contributed by atoms with Crippen molar-refractivity contribution in [2.75, 3.05) is 31.1 Å². The lowest BCUT2D eigenvalue weighted by molar-refractivity contribution is -0.136. The summed E-state index contributed by atoms with van der Waals surface area (Å²) in [6, 6.07) is 15.3. The van der Waals surface area contributed by atoms with Gasteiger partial charge in [-0.15, -0.1) is 0 Å². The predicted molar refractivity (Wildman–Crippen MR) is 129 cm³/mol. The molecule has 1 fully saturated rings. The Balaban J connectivity index is 1.67. The van der Waals surface area contributed by atoms with Crippen LogP contribution in [0.5, 0.6) is 0 Å². The van der Waals surface area contributed by atoms with Crippen molar-refractivity contribution in [2.45, 2.75) is 57.8 Å². The highest BCUT2D eigenvalue weighted by molar-refractivity contribution is 7.99. The Morgan fingerprint density at radius 3 is 2.30 bits per heavy atom. The lowest BCUT2D eigenvalue weighted by atomic mass is 9.85. The molecular formula is C26H36N2OS. The monoisotopic (exact) mass is 424 g/mol. The van der Waals surface area contributed by atoms with Crippen molar-refractivity contribution in [3.8, 4) is 0 Å². The summed E-state index contributed by atoms with van der Waals surface area (Å²) in [4.78, 5) is 20.0. The maximum absolute atomic E-state index is 12.9. The molecule has 4 heteroatoms. The molecule has 2 aromatic rings. The number of para-hydroxylation sites is 1. The molecule has 1 saturated heterocycles. The van der Waals surface area contributed by atoms with E-state index in [4.69, 9.17) is 0 Å². The Labute approximate surface area is 186 Å². The van der Waals surface area contributed by atoms with E-state index in [1.165, 1.54) is 26.6 Å². The van der Waals surface area contributed by atoms with Crippen LogP contribution in [0, 0.1) is 25.2 Å². The standard InChI is InChI=1S/C26H36N2OS/c1-19-11-12-23(20(2)17-19)30-24-10-8-7-9-22(24)27-13-15-28(16-14-27)25(29)21(3)18-26(4,5)6/h7-12,17,21H,13-16,18H2,1-6H3. The molecular weight excluding hydrogens is 388 g/mol. The van der Waals surface area contributed by atoms with E-state index < -0.39 is 0 Å². The Morgan fingerprint density at radius 1 is 1.00 bits per heavy atom. The third-order valence-electron chi connectivity index (χ3n) is 5.69. The van der Waals surface area contributed by atoms with E-state index in [1.807, 2.05) is 11.8 Å². The van der Waals surface area contributed by atoms with E-state index in [0.29, 0.717) is 5.91 Å². The van der Waals surface area contributed by atoms with E-state index in [0.717, 1.165) is 32.6 Å². The van der Waals surface area contributed by atoms with Gasteiger partial charge in [0.05, 0.1) is 5.69 Å². The summed E-state index contributed by atoms with van der Waals surface area (Å²) in [7, 11) is 0. The predicted octanol–water partition coefficient (Wildman–Crippen LogP) is 6.18. The van der Waals surface area contributed by atoms with Crippen LogP contribution in [-0.4, -0.2) is 37.0 Å². The molecule has 0 aliphatic carbocycles. The van der Waals surface area contributed by atoms with Crippen LogP contribution in [0.2, 0.25) is 0 Å². The fourth-order valence-electron chi connectivity index (χ4n) is 4.32. The van der Waals surface area contributed by atoms with E-state index in [-0.39, 0.29) is 11.3 Å². The SMILES string of the molecule is Cc1ccc(Sc2ccccc2N2CCN(C(=O)C(C)CC(C)(C)C)CC2)c(C)c1. The van der Waals surface area contributed by atoms with Crippen molar-refractivity contribution in [3.05, 3.63) is 53.6 Å². The van der Waals surface area contributed by atoms with E-state index >= 15 is 0 Å². The third-order valence-corrected chi connectivity index (χ3v) is 6.93. The van der Waals surface area contributed by atoms with Gasteiger partial charge in [-0.1, -0.05) is 69.3 Å². The van der Waals surface area contributed by atoms with Gasteiger partial charge in [0.25, 0.3) is 0 Å². The van der Waals surface area contributed by atoms with Crippen molar-refractivity contribution in [2.24, 2.45) is 11.3 Å². The van der Waals surface area contributed by atoms with Crippen LogP contribution < -0.4 is 4.90 Å². The molecule has 0 spiro atoms. The summed E-state index contributed by atoms with van der Waals surface area (Å²) < 4.78 is 0. The normalized spacial score (nSPS) is 15.9. The maximum Gasteiger partial charge on any atom is 0.225 e. The minimum atomic E-state index is 0.0869. The molecule has 162 valence electrons.